The van der Waals surface area contributed by atoms with Crippen LogP contribution in [-0.2, 0) is 4.79 Å². The van der Waals surface area contributed by atoms with E-state index in [1.165, 1.54) is 0 Å². The second-order valence-electron chi connectivity index (χ2n) is 5.59. The molecular formula is C17H25N3O2. The topological polar surface area (TPSA) is 52.6 Å². The Morgan fingerprint density at radius 1 is 1.09 bits per heavy atom. The number of benzene rings is 1. The fourth-order valence-electron chi connectivity index (χ4n) is 2.67. The number of carbonyl (C=O) groups is 2. The Labute approximate surface area is 132 Å². The summed E-state index contributed by atoms with van der Waals surface area (Å²) in [5.74, 6) is 0.00525. The highest BCUT2D eigenvalue weighted by Crippen LogP contribution is 2.04. The fourth-order valence-corrected chi connectivity index (χ4v) is 2.67. The van der Waals surface area contributed by atoms with Crippen molar-refractivity contribution >= 4 is 11.8 Å². The predicted molar refractivity (Wildman–Crippen MR) is 86.7 cm³/mol. The number of piperazine rings is 1. The Kier molecular flexibility index (Phi) is 6.40. The van der Waals surface area contributed by atoms with Crippen molar-refractivity contribution in [2.75, 3.05) is 39.3 Å². The summed E-state index contributed by atoms with van der Waals surface area (Å²) >= 11 is 0. The first-order chi connectivity index (χ1) is 10.7. The van der Waals surface area contributed by atoms with Crippen molar-refractivity contribution in [3.8, 4) is 0 Å². The molecule has 1 aliphatic rings. The molecule has 120 valence electrons. The zero-order chi connectivity index (χ0) is 15.8. The van der Waals surface area contributed by atoms with E-state index in [1.807, 2.05) is 23.1 Å². The molecule has 0 bridgehead atoms. The van der Waals surface area contributed by atoms with Gasteiger partial charge < -0.3 is 10.2 Å². The molecule has 1 aliphatic heterocycles. The molecule has 2 rings (SSSR count). The van der Waals surface area contributed by atoms with E-state index in [4.69, 9.17) is 0 Å². The third-order valence-corrected chi connectivity index (χ3v) is 3.93. The second kappa shape index (κ2) is 8.54. The molecule has 0 radical (unpaired) electrons. The predicted octanol–water partition coefficient (Wildman–Crippen LogP) is 1.36. The highest BCUT2D eigenvalue weighted by atomic mass is 16.2. The SMILES string of the molecule is CCCN1CCN(C(=O)CCNC(=O)c2ccccc2)CC1. The van der Waals surface area contributed by atoms with E-state index < -0.39 is 0 Å². The average Bonchev–Trinajstić information content (AvgIpc) is 2.56. The first-order valence-corrected chi connectivity index (χ1v) is 8.04. The van der Waals surface area contributed by atoms with Gasteiger partial charge in [0.15, 0.2) is 0 Å². The van der Waals surface area contributed by atoms with Crippen LogP contribution in [-0.4, -0.2) is 60.9 Å². The lowest BCUT2D eigenvalue weighted by Crippen LogP contribution is -2.49. The third-order valence-electron chi connectivity index (χ3n) is 3.93. The number of amides is 2. The number of nitrogens with one attached hydrogen (secondary N) is 1. The molecule has 1 N–H and O–H groups in total. The Morgan fingerprint density at radius 2 is 1.77 bits per heavy atom. The monoisotopic (exact) mass is 303 g/mol. The van der Waals surface area contributed by atoms with Gasteiger partial charge in [-0.15, -0.1) is 0 Å². The van der Waals surface area contributed by atoms with Gasteiger partial charge in [-0.25, -0.2) is 0 Å². The molecule has 5 nitrogen and oxygen atoms in total. The Hall–Kier alpha value is -1.88. The largest absolute Gasteiger partial charge is 0.352 e. The van der Waals surface area contributed by atoms with Crippen molar-refractivity contribution in [1.82, 2.24) is 15.1 Å². The number of hydrogen-bond donors (Lipinski definition) is 1. The van der Waals surface area contributed by atoms with Crippen LogP contribution in [0.25, 0.3) is 0 Å². The molecule has 5 heteroatoms. The lowest BCUT2D eigenvalue weighted by Gasteiger charge is -2.34. The molecular weight excluding hydrogens is 278 g/mol. The standard InChI is InChI=1S/C17H25N3O2/c1-2-10-19-11-13-20(14-12-19)16(21)8-9-18-17(22)15-6-4-3-5-7-15/h3-7H,2,8-14H2,1H3,(H,18,22). The van der Waals surface area contributed by atoms with Gasteiger partial charge in [-0.1, -0.05) is 25.1 Å². The van der Waals surface area contributed by atoms with Crippen LogP contribution in [0.3, 0.4) is 0 Å². The summed E-state index contributed by atoms with van der Waals surface area (Å²) in [4.78, 5) is 28.3. The Morgan fingerprint density at radius 3 is 2.41 bits per heavy atom. The molecule has 22 heavy (non-hydrogen) atoms. The van der Waals surface area contributed by atoms with E-state index in [9.17, 15) is 9.59 Å². The van der Waals surface area contributed by atoms with Gasteiger partial charge in [-0.3, -0.25) is 14.5 Å². The molecule has 0 aliphatic carbocycles. The van der Waals surface area contributed by atoms with Crippen LogP contribution in [0.5, 0.6) is 0 Å². The molecule has 0 unspecified atom stereocenters. The first kappa shape index (κ1) is 16.5. The van der Waals surface area contributed by atoms with E-state index >= 15 is 0 Å². The normalized spacial score (nSPS) is 15.6. The first-order valence-electron chi connectivity index (χ1n) is 8.04. The molecule has 0 saturated carbocycles. The summed E-state index contributed by atoms with van der Waals surface area (Å²) in [7, 11) is 0. The maximum atomic E-state index is 12.1. The van der Waals surface area contributed by atoms with Gasteiger partial charge in [0.1, 0.15) is 0 Å². The number of hydrogen-bond acceptors (Lipinski definition) is 3. The van der Waals surface area contributed by atoms with Gasteiger partial charge in [0.25, 0.3) is 5.91 Å². The molecule has 2 amide bonds. The van der Waals surface area contributed by atoms with E-state index in [1.54, 1.807) is 12.1 Å². The van der Waals surface area contributed by atoms with E-state index in [2.05, 4.69) is 17.1 Å². The van der Waals surface area contributed by atoms with Crippen LogP contribution in [0.4, 0.5) is 0 Å². The van der Waals surface area contributed by atoms with Gasteiger partial charge in [0.05, 0.1) is 0 Å². The summed E-state index contributed by atoms with van der Waals surface area (Å²) in [6.07, 6.45) is 1.52. The van der Waals surface area contributed by atoms with Crippen molar-refractivity contribution in [3.63, 3.8) is 0 Å². The maximum absolute atomic E-state index is 12.1. The molecule has 0 spiro atoms. The van der Waals surface area contributed by atoms with E-state index in [0.717, 1.165) is 39.1 Å². The highest BCUT2D eigenvalue weighted by molar-refractivity contribution is 5.94. The van der Waals surface area contributed by atoms with E-state index in [0.29, 0.717) is 18.5 Å². The summed E-state index contributed by atoms with van der Waals surface area (Å²) < 4.78 is 0. The summed E-state index contributed by atoms with van der Waals surface area (Å²) in [5, 5.41) is 2.80. The van der Waals surface area contributed by atoms with Crippen LogP contribution in [0.2, 0.25) is 0 Å². The van der Waals surface area contributed by atoms with Gasteiger partial charge in [-0.05, 0) is 25.1 Å². The Balaban J connectivity index is 1.67. The molecule has 0 atom stereocenters. The number of rotatable bonds is 6. The lowest BCUT2D eigenvalue weighted by atomic mass is 10.2. The molecule has 1 aromatic carbocycles. The minimum Gasteiger partial charge on any atom is -0.352 e. The van der Waals surface area contributed by atoms with Crippen molar-refractivity contribution in [2.24, 2.45) is 0 Å². The minimum atomic E-state index is -0.124. The van der Waals surface area contributed by atoms with E-state index in [-0.39, 0.29) is 11.8 Å². The smallest absolute Gasteiger partial charge is 0.251 e. The van der Waals surface area contributed by atoms with Gasteiger partial charge in [0.2, 0.25) is 5.91 Å². The van der Waals surface area contributed by atoms with Crippen molar-refractivity contribution in [3.05, 3.63) is 35.9 Å². The molecule has 0 aromatic heterocycles. The molecule has 1 aromatic rings. The lowest BCUT2D eigenvalue weighted by molar-refractivity contribution is -0.132. The summed E-state index contributed by atoms with van der Waals surface area (Å²) in [5.41, 5.74) is 0.628. The highest BCUT2D eigenvalue weighted by Gasteiger charge is 2.20. The molecule has 1 fully saturated rings. The van der Waals surface area contributed by atoms with Crippen LogP contribution in [0.15, 0.2) is 30.3 Å². The third kappa shape index (κ3) is 4.84. The Bertz CT molecular complexity index is 482. The van der Waals surface area contributed by atoms with Crippen LogP contribution < -0.4 is 5.32 Å². The summed E-state index contributed by atoms with van der Waals surface area (Å²) in [6.45, 7) is 7.17. The van der Waals surface area contributed by atoms with Crippen LogP contribution >= 0.6 is 0 Å². The van der Waals surface area contributed by atoms with Gasteiger partial charge >= 0.3 is 0 Å². The fraction of sp³-hybridized carbons (Fsp3) is 0.529. The molecule has 1 saturated heterocycles. The van der Waals surface area contributed by atoms with Crippen LogP contribution in [0, 0.1) is 0 Å². The number of carbonyl (C=O) groups excluding carboxylic acids is 2. The average molecular weight is 303 g/mol. The molecule has 1 heterocycles. The maximum Gasteiger partial charge on any atom is 0.251 e. The van der Waals surface area contributed by atoms with Crippen molar-refractivity contribution in [1.29, 1.82) is 0 Å². The van der Waals surface area contributed by atoms with Crippen molar-refractivity contribution < 1.29 is 9.59 Å². The van der Waals surface area contributed by atoms with Gasteiger partial charge in [0, 0.05) is 44.7 Å². The van der Waals surface area contributed by atoms with Gasteiger partial charge in [-0.2, -0.15) is 0 Å². The van der Waals surface area contributed by atoms with Crippen LogP contribution in [0.1, 0.15) is 30.1 Å². The zero-order valence-electron chi connectivity index (χ0n) is 13.3. The van der Waals surface area contributed by atoms with Crippen molar-refractivity contribution in [2.45, 2.75) is 19.8 Å². The summed E-state index contributed by atoms with van der Waals surface area (Å²) in [6, 6.07) is 9.07. The minimum absolute atomic E-state index is 0.124. The quantitative estimate of drug-likeness (QED) is 0.863. The zero-order valence-corrected chi connectivity index (χ0v) is 13.3. The second-order valence-corrected chi connectivity index (χ2v) is 5.59. The number of nitrogens with zero attached hydrogens (tertiary/aromatic N) is 2.